The van der Waals surface area contributed by atoms with Crippen LogP contribution in [-0.4, -0.2) is 47.5 Å². The van der Waals surface area contributed by atoms with E-state index in [-0.39, 0.29) is 11.9 Å². The summed E-state index contributed by atoms with van der Waals surface area (Å²) in [6, 6.07) is 31.3. The molecule has 3 aromatic rings. The van der Waals surface area contributed by atoms with Crippen LogP contribution in [-0.2, 0) is 17.8 Å². The van der Waals surface area contributed by atoms with Crippen LogP contribution in [0.4, 0.5) is 0 Å². The second kappa shape index (κ2) is 15.5. The van der Waals surface area contributed by atoms with E-state index < -0.39 is 5.60 Å². The van der Waals surface area contributed by atoms with Crippen molar-refractivity contribution in [3.63, 3.8) is 0 Å². The molecule has 1 aliphatic carbocycles. The predicted molar refractivity (Wildman–Crippen MR) is 172 cm³/mol. The first-order chi connectivity index (χ1) is 20.6. The lowest BCUT2D eigenvalue weighted by Gasteiger charge is -2.45. The van der Waals surface area contributed by atoms with E-state index in [0.29, 0.717) is 11.5 Å². The van der Waals surface area contributed by atoms with Crippen LogP contribution in [0.3, 0.4) is 0 Å². The maximum Gasteiger partial charge on any atom is 0.338 e. The summed E-state index contributed by atoms with van der Waals surface area (Å²) in [4.78, 5) is 19.0. The summed E-state index contributed by atoms with van der Waals surface area (Å²) in [5.41, 5.74) is 2.70. The van der Waals surface area contributed by atoms with Gasteiger partial charge in [0.1, 0.15) is 5.60 Å². The van der Waals surface area contributed by atoms with Gasteiger partial charge in [-0.2, -0.15) is 0 Å². The van der Waals surface area contributed by atoms with Crippen LogP contribution in [0.2, 0.25) is 0 Å². The van der Waals surface area contributed by atoms with Crippen LogP contribution in [0.1, 0.15) is 86.2 Å². The Morgan fingerprint density at radius 2 is 1.19 bits per heavy atom. The van der Waals surface area contributed by atoms with E-state index in [9.17, 15) is 4.79 Å². The van der Waals surface area contributed by atoms with Crippen molar-refractivity contribution in [3.05, 3.63) is 108 Å². The third kappa shape index (κ3) is 8.78. The Hall–Kier alpha value is -2.95. The molecule has 2 aliphatic rings. The zero-order valence-corrected chi connectivity index (χ0v) is 25.6. The summed E-state index contributed by atoms with van der Waals surface area (Å²) >= 11 is 0. The number of nitrogens with zero attached hydrogens (tertiary/aromatic N) is 2. The lowest BCUT2D eigenvalue weighted by atomic mass is 9.73. The average molecular weight is 567 g/mol. The highest BCUT2D eigenvalue weighted by atomic mass is 16.6. The van der Waals surface area contributed by atoms with Crippen LogP contribution < -0.4 is 0 Å². The molecule has 1 heterocycles. The number of carbonyl (C=O) groups is 1. The van der Waals surface area contributed by atoms with Gasteiger partial charge < -0.3 is 4.74 Å². The van der Waals surface area contributed by atoms with Crippen molar-refractivity contribution in [2.24, 2.45) is 11.8 Å². The highest BCUT2D eigenvalue weighted by Crippen LogP contribution is 2.39. The first-order valence-electron chi connectivity index (χ1n) is 16.4. The molecule has 0 aromatic heterocycles. The molecule has 4 heteroatoms. The van der Waals surface area contributed by atoms with Gasteiger partial charge in [-0.1, -0.05) is 117 Å². The Balaban J connectivity index is 1.50. The van der Waals surface area contributed by atoms with Crippen LogP contribution in [0.5, 0.6) is 0 Å². The quantitative estimate of drug-likeness (QED) is 0.269. The van der Waals surface area contributed by atoms with Gasteiger partial charge in [0, 0.05) is 32.1 Å². The van der Waals surface area contributed by atoms with Gasteiger partial charge in [0.15, 0.2) is 0 Å². The molecule has 2 unspecified atom stereocenters. The molecule has 2 atom stereocenters. The van der Waals surface area contributed by atoms with Gasteiger partial charge in [0.25, 0.3) is 0 Å². The Kier molecular flexibility index (Phi) is 11.3. The number of benzene rings is 3. The molecule has 0 amide bonds. The molecule has 1 saturated heterocycles. The Morgan fingerprint density at radius 1 is 0.690 bits per heavy atom. The number of carbonyl (C=O) groups excluding carboxylic acids is 1. The predicted octanol–water partition coefficient (Wildman–Crippen LogP) is 8.38. The maximum absolute atomic E-state index is 13.8. The zero-order chi connectivity index (χ0) is 29.0. The van der Waals surface area contributed by atoms with Gasteiger partial charge in [-0.3, -0.25) is 9.80 Å². The van der Waals surface area contributed by atoms with Gasteiger partial charge in [-0.25, -0.2) is 4.79 Å². The maximum atomic E-state index is 13.8. The molecule has 42 heavy (non-hydrogen) atoms. The third-order valence-electron chi connectivity index (χ3n) is 9.53. The topological polar surface area (TPSA) is 32.8 Å². The smallest absolute Gasteiger partial charge is 0.338 e. The van der Waals surface area contributed by atoms with E-state index in [1.54, 1.807) is 0 Å². The van der Waals surface area contributed by atoms with Gasteiger partial charge in [-0.05, 0) is 68.5 Å². The number of hydrogen-bond acceptors (Lipinski definition) is 4. The first kappa shape index (κ1) is 30.5. The van der Waals surface area contributed by atoms with Crippen molar-refractivity contribution in [2.45, 2.75) is 83.4 Å². The molecular formula is C38H50N2O2. The van der Waals surface area contributed by atoms with E-state index >= 15 is 0 Å². The van der Waals surface area contributed by atoms with E-state index in [1.807, 2.05) is 30.3 Å². The minimum Gasteiger partial charge on any atom is -0.454 e. The van der Waals surface area contributed by atoms with Gasteiger partial charge in [0.2, 0.25) is 0 Å². The van der Waals surface area contributed by atoms with Crippen molar-refractivity contribution in [1.82, 2.24) is 9.80 Å². The summed E-state index contributed by atoms with van der Waals surface area (Å²) in [7, 11) is 0. The number of ether oxygens (including phenoxy) is 1. The van der Waals surface area contributed by atoms with Crippen LogP contribution in [0.25, 0.3) is 0 Å². The molecule has 0 spiro atoms. The fourth-order valence-corrected chi connectivity index (χ4v) is 7.35. The summed E-state index contributed by atoms with van der Waals surface area (Å²) in [5, 5.41) is 0. The van der Waals surface area contributed by atoms with E-state index in [1.165, 1.54) is 62.5 Å². The third-order valence-corrected chi connectivity index (χ3v) is 9.53. The summed E-state index contributed by atoms with van der Waals surface area (Å²) in [5.74, 6) is 0.592. The molecule has 2 fully saturated rings. The minimum absolute atomic E-state index is 0.195. The molecule has 1 aliphatic heterocycles. The summed E-state index contributed by atoms with van der Waals surface area (Å²) < 4.78 is 6.78. The number of rotatable bonds is 7. The fourth-order valence-electron chi connectivity index (χ4n) is 7.35. The first-order valence-corrected chi connectivity index (χ1v) is 16.4. The van der Waals surface area contributed by atoms with Gasteiger partial charge in [0.05, 0.1) is 5.56 Å². The number of esters is 1. The molecule has 0 N–H and O–H groups in total. The summed E-state index contributed by atoms with van der Waals surface area (Å²) in [6.45, 7) is 7.80. The second-order valence-electron chi connectivity index (χ2n) is 12.9. The molecule has 1 saturated carbocycles. The number of hydrogen-bond donors (Lipinski definition) is 0. The van der Waals surface area contributed by atoms with Crippen molar-refractivity contribution >= 4 is 5.97 Å². The van der Waals surface area contributed by atoms with E-state index in [0.717, 1.165) is 45.7 Å². The zero-order valence-electron chi connectivity index (χ0n) is 25.6. The van der Waals surface area contributed by atoms with Crippen LogP contribution in [0.15, 0.2) is 91.0 Å². The van der Waals surface area contributed by atoms with E-state index in [4.69, 9.17) is 4.74 Å². The minimum atomic E-state index is -0.611. The molecule has 0 bridgehead atoms. The van der Waals surface area contributed by atoms with Gasteiger partial charge >= 0.3 is 5.97 Å². The molecule has 5 rings (SSSR count). The molecule has 224 valence electrons. The average Bonchev–Trinajstić information content (AvgIpc) is 3.18. The van der Waals surface area contributed by atoms with Crippen molar-refractivity contribution in [1.29, 1.82) is 0 Å². The lowest BCUT2D eigenvalue weighted by Crippen LogP contribution is -2.54. The normalized spacial score (nSPS) is 23.9. The Morgan fingerprint density at radius 3 is 1.79 bits per heavy atom. The molecular weight excluding hydrogens is 516 g/mol. The molecule has 0 radical (unpaired) electrons. The van der Waals surface area contributed by atoms with E-state index in [2.05, 4.69) is 77.4 Å². The molecule has 4 nitrogen and oxygen atoms in total. The summed E-state index contributed by atoms with van der Waals surface area (Å²) in [6.07, 6.45) is 11.4. The van der Waals surface area contributed by atoms with Gasteiger partial charge in [-0.15, -0.1) is 0 Å². The molecule has 3 aromatic carbocycles. The van der Waals surface area contributed by atoms with Crippen LogP contribution in [0, 0.1) is 11.8 Å². The van der Waals surface area contributed by atoms with Crippen molar-refractivity contribution in [3.8, 4) is 0 Å². The standard InChI is InChI=1S/C38H50N2O2/c1-38(42-37(41)35-24-15-8-16-25-35)31-40(29-33-20-11-7-12-21-33)27-17-26-39(28-32-18-9-6-10-19-32)30-36(38)34-22-13-4-2-3-5-14-23-34/h6-12,15-16,18-21,24-25,34,36H,2-5,13-14,17,22-23,26-31H2,1H3. The highest BCUT2D eigenvalue weighted by Gasteiger charge is 2.45. The highest BCUT2D eigenvalue weighted by molar-refractivity contribution is 5.89. The van der Waals surface area contributed by atoms with Crippen molar-refractivity contribution < 1.29 is 9.53 Å². The second-order valence-corrected chi connectivity index (χ2v) is 12.9. The Labute approximate surface area is 254 Å². The Bertz CT molecular complexity index is 1190. The lowest BCUT2D eigenvalue weighted by molar-refractivity contribution is -0.0808. The fraction of sp³-hybridized carbons (Fsp3) is 0.500. The SMILES string of the molecule is CC1(OC(=O)c2ccccc2)CN(Cc2ccccc2)CCCN(Cc2ccccc2)CC1C1CCCCCCCC1. The monoisotopic (exact) mass is 566 g/mol. The van der Waals surface area contributed by atoms with Crippen molar-refractivity contribution in [2.75, 3.05) is 26.2 Å². The largest absolute Gasteiger partial charge is 0.454 e. The van der Waals surface area contributed by atoms with Crippen LogP contribution >= 0.6 is 0 Å².